The molecule has 0 bridgehead atoms. The van der Waals surface area contributed by atoms with Gasteiger partial charge in [0.1, 0.15) is 29.9 Å². The van der Waals surface area contributed by atoms with Gasteiger partial charge in [-0.1, -0.05) is 42.5 Å². The molecule has 2 heterocycles. The summed E-state index contributed by atoms with van der Waals surface area (Å²) in [5.74, 6) is 0. The molecule has 2 aromatic carbocycles. The topological polar surface area (TPSA) is 69.9 Å². The largest absolute Gasteiger partial charge is 0.387 e. The Morgan fingerprint density at radius 2 is 1.68 bits per heavy atom. The first-order valence-corrected chi connectivity index (χ1v) is 12.5. The van der Waals surface area contributed by atoms with Gasteiger partial charge in [-0.05, 0) is 60.1 Å². The van der Waals surface area contributed by atoms with Crippen LogP contribution in [0.25, 0.3) is 10.4 Å². The van der Waals surface area contributed by atoms with Crippen molar-refractivity contribution < 1.29 is 20.1 Å². The van der Waals surface area contributed by atoms with Crippen LogP contribution in [0.1, 0.15) is 33.2 Å². The Morgan fingerprint density at radius 3 is 2.42 bits per heavy atom. The Morgan fingerprint density at radius 1 is 0.903 bits per heavy atom. The van der Waals surface area contributed by atoms with E-state index >= 15 is 0 Å². The van der Waals surface area contributed by atoms with Crippen molar-refractivity contribution in [1.82, 2.24) is 0 Å². The van der Waals surface area contributed by atoms with Crippen LogP contribution in [0.2, 0.25) is 0 Å². The minimum atomic E-state index is -1.24. The number of ether oxygens (including phenoxy) is 1. The normalized spacial score (nSPS) is 26.2. The molecular weight excluding hydrogens is 428 g/mol. The number of rotatable bonds is 5. The summed E-state index contributed by atoms with van der Waals surface area (Å²) in [6.07, 6.45) is -1.61. The van der Waals surface area contributed by atoms with Crippen LogP contribution in [-0.2, 0) is 11.2 Å². The molecule has 3 aromatic rings. The Labute approximate surface area is 191 Å². The number of thioether (sulfide) groups is 1. The molecule has 0 radical (unpaired) electrons. The third-order valence-electron chi connectivity index (χ3n) is 5.94. The molecule has 1 aliphatic rings. The lowest BCUT2D eigenvalue weighted by Gasteiger charge is -2.40. The summed E-state index contributed by atoms with van der Waals surface area (Å²) in [5.41, 5.74) is 5.09. The summed E-state index contributed by atoms with van der Waals surface area (Å²) >= 11 is 3.12. The molecule has 31 heavy (non-hydrogen) atoms. The number of thiophene rings is 1. The highest BCUT2D eigenvalue weighted by atomic mass is 32.2. The minimum Gasteiger partial charge on any atom is -0.387 e. The van der Waals surface area contributed by atoms with Crippen LogP contribution in [0.4, 0.5) is 0 Å². The Kier molecular flexibility index (Phi) is 6.86. The van der Waals surface area contributed by atoms with Crippen molar-refractivity contribution in [3.8, 4) is 10.4 Å². The van der Waals surface area contributed by atoms with Crippen molar-refractivity contribution in [2.45, 2.75) is 50.1 Å². The molecule has 1 aliphatic heterocycles. The Balaban J connectivity index is 1.59. The fourth-order valence-corrected chi connectivity index (χ4v) is 5.82. The average molecular weight is 457 g/mol. The molecule has 6 heteroatoms. The maximum Gasteiger partial charge on any atom is 0.132 e. The van der Waals surface area contributed by atoms with Crippen molar-refractivity contribution in [3.05, 3.63) is 81.7 Å². The van der Waals surface area contributed by atoms with Crippen molar-refractivity contribution in [3.63, 3.8) is 0 Å². The second kappa shape index (κ2) is 9.45. The van der Waals surface area contributed by atoms with Gasteiger partial charge >= 0.3 is 0 Å². The number of benzene rings is 2. The third-order valence-corrected chi connectivity index (χ3v) is 7.91. The molecule has 1 saturated heterocycles. The summed E-state index contributed by atoms with van der Waals surface area (Å²) in [7, 11) is 0. The lowest BCUT2D eigenvalue weighted by Crippen LogP contribution is -2.52. The minimum absolute atomic E-state index is 0.581. The smallest absolute Gasteiger partial charge is 0.132 e. The second-order valence-electron chi connectivity index (χ2n) is 8.08. The number of hydrogen-bond acceptors (Lipinski definition) is 6. The first-order chi connectivity index (χ1) is 14.9. The second-order valence-corrected chi connectivity index (χ2v) is 10.2. The lowest BCUT2D eigenvalue weighted by molar-refractivity contribution is -0.200. The van der Waals surface area contributed by atoms with Gasteiger partial charge < -0.3 is 20.1 Å². The van der Waals surface area contributed by atoms with E-state index in [9.17, 15) is 15.3 Å². The summed E-state index contributed by atoms with van der Waals surface area (Å²) in [5, 5.41) is 30.9. The van der Waals surface area contributed by atoms with Gasteiger partial charge in [0.25, 0.3) is 0 Å². The molecule has 0 spiro atoms. The van der Waals surface area contributed by atoms with Gasteiger partial charge in [-0.25, -0.2) is 0 Å². The molecule has 0 saturated carbocycles. The number of hydrogen-bond donors (Lipinski definition) is 3. The molecule has 164 valence electrons. The molecule has 4 rings (SSSR count). The van der Waals surface area contributed by atoms with Crippen LogP contribution >= 0.6 is 23.1 Å². The lowest BCUT2D eigenvalue weighted by atomic mass is 9.92. The molecule has 5 atom stereocenters. The van der Waals surface area contributed by atoms with Crippen LogP contribution in [0.3, 0.4) is 0 Å². The molecule has 0 amide bonds. The zero-order valence-corrected chi connectivity index (χ0v) is 19.5. The van der Waals surface area contributed by atoms with Gasteiger partial charge in [0.2, 0.25) is 0 Å². The average Bonchev–Trinajstić information content (AvgIpc) is 3.23. The summed E-state index contributed by atoms with van der Waals surface area (Å²) < 4.78 is 5.94. The quantitative estimate of drug-likeness (QED) is 0.529. The van der Waals surface area contributed by atoms with E-state index in [1.54, 1.807) is 11.3 Å². The molecule has 0 aliphatic carbocycles. The van der Waals surface area contributed by atoms with Crippen LogP contribution < -0.4 is 0 Å². The zero-order chi connectivity index (χ0) is 22.1. The van der Waals surface area contributed by atoms with Gasteiger partial charge in [-0.3, -0.25) is 0 Å². The molecule has 1 unspecified atom stereocenters. The number of aliphatic hydroxyl groups excluding tert-OH is 3. The highest BCUT2D eigenvalue weighted by Gasteiger charge is 2.44. The van der Waals surface area contributed by atoms with Gasteiger partial charge in [0.15, 0.2) is 0 Å². The van der Waals surface area contributed by atoms with E-state index < -0.39 is 29.9 Å². The van der Waals surface area contributed by atoms with E-state index in [0.717, 1.165) is 17.5 Å². The van der Waals surface area contributed by atoms with Crippen LogP contribution in [0.15, 0.2) is 54.6 Å². The molecule has 1 aromatic heterocycles. The standard InChI is InChI=1S/C25H28O4S2/c1-14-8-9-16(24-22(27)21(26)23(28)25(29-24)30-3)12-17(14)13-18-10-11-20(31-18)19-7-5-4-6-15(19)2/h4-12,21-28H,13H2,1-3H3/t21-,22-,23+,24?,25-/m1/s1. The van der Waals surface area contributed by atoms with Crippen LogP contribution in [0.5, 0.6) is 0 Å². The van der Waals surface area contributed by atoms with Crippen molar-refractivity contribution in [2.24, 2.45) is 0 Å². The zero-order valence-electron chi connectivity index (χ0n) is 17.9. The maximum absolute atomic E-state index is 10.5. The van der Waals surface area contributed by atoms with E-state index in [2.05, 4.69) is 56.3 Å². The fraction of sp³-hybridized carbons (Fsp3) is 0.360. The highest BCUT2D eigenvalue weighted by Crippen LogP contribution is 2.37. The monoisotopic (exact) mass is 456 g/mol. The van der Waals surface area contributed by atoms with Crippen molar-refractivity contribution in [1.29, 1.82) is 0 Å². The maximum atomic E-state index is 10.5. The van der Waals surface area contributed by atoms with Crippen molar-refractivity contribution in [2.75, 3.05) is 6.26 Å². The molecule has 1 fully saturated rings. The number of aryl methyl sites for hydroxylation is 2. The first kappa shape index (κ1) is 22.5. The van der Waals surface area contributed by atoms with Gasteiger partial charge in [-0.2, -0.15) is 0 Å². The van der Waals surface area contributed by atoms with E-state index in [1.165, 1.54) is 38.2 Å². The van der Waals surface area contributed by atoms with Gasteiger partial charge in [0.05, 0.1) is 0 Å². The summed E-state index contributed by atoms with van der Waals surface area (Å²) in [6, 6.07) is 18.8. The highest BCUT2D eigenvalue weighted by molar-refractivity contribution is 7.99. The SMILES string of the molecule is CS[C@H]1OC(c2ccc(C)c(Cc3ccc(-c4ccccc4C)s3)c2)[C@H](O)[C@@H](O)[C@@H]1O. The van der Waals surface area contributed by atoms with E-state index in [0.29, 0.717) is 0 Å². The van der Waals surface area contributed by atoms with Gasteiger partial charge in [-0.15, -0.1) is 23.1 Å². The van der Waals surface area contributed by atoms with Crippen molar-refractivity contribution >= 4 is 23.1 Å². The predicted octanol–water partition coefficient (Wildman–Crippen LogP) is 4.47. The molecule has 4 nitrogen and oxygen atoms in total. The predicted molar refractivity (Wildman–Crippen MR) is 128 cm³/mol. The molecular formula is C25H28O4S2. The van der Waals surface area contributed by atoms with E-state index in [1.807, 2.05) is 18.4 Å². The Hall–Kier alpha value is -1.67. The van der Waals surface area contributed by atoms with E-state index in [4.69, 9.17) is 4.74 Å². The third kappa shape index (κ3) is 4.60. The van der Waals surface area contributed by atoms with Crippen LogP contribution in [-0.4, -0.2) is 45.3 Å². The fourth-order valence-electron chi connectivity index (χ4n) is 4.03. The number of aliphatic hydroxyl groups is 3. The summed E-state index contributed by atoms with van der Waals surface area (Å²) in [4.78, 5) is 2.52. The van der Waals surface area contributed by atoms with Gasteiger partial charge in [0, 0.05) is 16.2 Å². The first-order valence-electron chi connectivity index (χ1n) is 10.4. The van der Waals surface area contributed by atoms with E-state index in [-0.39, 0.29) is 0 Å². The summed E-state index contributed by atoms with van der Waals surface area (Å²) in [6.45, 7) is 4.21. The van der Waals surface area contributed by atoms with Crippen LogP contribution in [0, 0.1) is 13.8 Å². The molecule has 3 N–H and O–H groups in total. The Bertz CT molecular complexity index is 1050.